The summed E-state index contributed by atoms with van der Waals surface area (Å²) in [6.45, 7) is 12.8. The minimum absolute atomic E-state index is 0.00954. The molecule has 0 spiro atoms. The molecule has 0 amide bonds. The SMILES string of the molecule is CC(C)(C)c1[nH+]noc1C(C)(C)C. The van der Waals surface area contributed by atoms with E-state index >= 15 is 0 Å². The van der Waals surface area contributed by atoms with E-state index < -0.39 is 0 Å². The van der Waals surface area contributed by atoms with Gasteiger partial charge in [0.15, 0.2) is 5.27 Å². The zero-order chi connectivity index (χ0) is 10.3. The topological polar surface area (TPSA) is 40.2 Å². The molecule has 0 fully saturated rings. The van der Waals surface area contributed by atoms with Crippen LogP contribution in [0.5, 0.6) is 0 Å². The Morgan fingerprint density at radius 1 is 1.00 bits per heavy atom. The van der Waals surface area contributed by atoms with Gasteiger partial charge in [-0.15, -0.1) is 0 Å². The van der Waals surface area contributed by atoms with Gasteiger partial charge in [-0.05, 0) is 20.8 Å². The lowest BCUT2D eigenvalue weighted by molar-refractivity contribution is -0.485. The first-order valence-corrected chi connectivity index (χ1v) is 4.61. The van der Waals surface area contributed by atoms with Gasteiger partial charge in [0.05, 0.1) is 5.41 Å². The Morgan fingerprint density at radius 2 is 1.54 bits per heavy atom. The molecule has 0 aliphatic rings. The lowest BCUT2D eigenvalue weighted by atomic mass is 9.83. The average molecular weight is 183 g/mol. The highest BCUT2D eigenvalue weighted by atomic mass is 16.5. The molecule has 1 aromatic rings. The molecule has 1 aromatic heterocycles. The fourth-order valence-corrected chi connectivity index (χ4v) is 1.23. The summed E-state index contributed by atoms with van der Waals surface area (Å²) in [7, 11) is 0. The first-order valence-electron chi connectivity index (χ1n) is 4.61. The maximum atomic E-state index is 5.25. The molecule has 0 unspecified atom stereocenters. The third-order valence-corrected chi connectivity index (χ3v) is 1.95. The summed E-state index contributed by atoms with van der Waals surface area (Å²) in [4.78, 5) is 0. The lowest BCUT2D eigenvalue weighted by Gasteiger charge is -2.17. The van der Waals surface area contributed by atoms with E-state index in [1.807, 2.05) is 0 Å². The molecule has 74 valence electrons. The van der Waals surface area contributed by atoms with Crippen molar-refractivity contribution in [3.8, 4) is 0 Å². The molecule has 1 rings (SSSR count). The number of hydrogen-bond donors (Lipinski definition) is 0. The Balaban J connectivity index is 3.19. The second kappa shape index (κ2) is 2.82. The molecule has 0 saturated heterocycles. The van der Waals surface area contributed by atoms with E-state index in [0.717, 1.165) is 11.5 Å². The molecule has 0 atom stereocenters. The quantitative estimate of drug-likeness (QED) is 0.618. The van der Waals surface area contributed by atoms with Crippen molar-refractivity contribution in [1.29, 1.82) is 0 Å². The summed E-state index contributed by atoms with van der Waals surface area (Å²) in [5, 5.41) is 6.69. The van der Waals surface area contributed by atoms with Crippen LogP contribution in [0.1, 0.15) is 53.0 Å². The molecule has 1 N–H and O–H groups in total. The smallest absolute Gasteiger partial charge is 0.255 e. The van der Waals surface area contributed by atoms with E-state index in [1.165, 1.54) is 0 Å². The number of aromatic amines is 1. The van der Waals surface area contributed by atoms with Gasteiger partial charge in [0.1, 0.15) is 0 Å². The highest BCUT2D eigenvalue weighted by molar-refractivity contribution is 5.17. The van der Waals surface area contributed by atoms with Gasteiger partial charge >= 0.3 is 0 Å². The number of aromatic nitrogens is 2. The second-order valence-electron chi connectivity index (χ2n) is 5.50. The Labute approximate surface area is 79.5 Å². The molecular weight excluding hydrogens is 164 g/mol. The molecule has 0 aliphatic heterocycles. The van der Waals surface area contributed by atoms with E-state index in [4.69, 9.17) is 4.52 Å². The largest absolute Gasteiger partial charge is 0.305 e. The fraction of sp³-hybridized carbons (Fsp3) is 0.800. The van der Waals surface area contributed by atoms with Gasteiger partial charge in [-0.3, -0.25) is 0 Å². The minimum atomic E-state index is 0.00954. The van der Waals surface area contributed by atoms with Crippen LogP contribution < -0.4 is 5.10 Å². The van der Waals surface area contributed by atoms with Crippen LogP contribution in [0.25, 0.3) is 0 Å². The number of H-pyrrole nitrogens is 1. The minimum Gasteiger partial charge on any atom is -0.305 e. The molecule has 0 saturated carbocycles. The lowest BCUT2D eigenvalue weighted by Crippen LogP contribution is -2.27. The maximum absolute atomic E-state index is 5.25. The van der Waals surface area contributed by atoms with Crippen molar-refractivity contribution in [2.45, 2.75) is 52.4 Å². The average Bonchev–Trinajstić information content (AvgIpc) is 2.27. The summed E-state index contributed by atoms with van der Waals surface area (Å²) in [6.07, 6.45) is 0. The van der Waals surface area contributed by atoms with Gasteiger partial charge < -0.3 is 4.52 Å². The highest BCUT2D eigenvalue weighted by Gasteiger charge is 2.36. The van der Waals surface area contributed by atoms with Crippen molar-refractivity contribution >= 4 is 0 Å². The van der Waals surface area contributed by atoms with Crippen LogP contribution in [0.2, 0.25) is 0 Å². The third-order valence-electron chi connectivity index (χ3n) is 1.95. The number of rotatable bonds is 0. The Bertz CT molecular complexity index is 260. The molecule has 1 heterocycles. The van der Waals surface area contributed by atoms with E-state index in [-0.39, 0.29) is 10.8 Å². The van der Waals surface area contributed by atoms with Crippen molar-refractivity contribution < 1.29 is 9.62 Å². The summed E-state index contributed by atoms with van der Waals surface area (Å²) < 4.78 is 5.25. The van der Waals surface area contributed by atoms with Gasteiger partial charge in [-0.1, -0.05) is 25.9 Å². The van der Waals surface area contributed by atoms with Crippen LogP contribution in [0, 0.1) is 0 Å². The Kier molecular flexibility index (Phi) is 2.22. The van der Waals surface area contributed by atoms with Crippen molar-refractivity contribution in [1.82, 2.24) is 5.27 Å². The van der Waals surface area contributed by atoms with Gasteiger partial charge in [0, 0.05) is 5.41 Å². The van der Waals surface area contributed by atoms with Crippen LogP contribution >= 0.6 is 0 Å². The molecule has 13 heavy (non-hydrogen) atoms. The number of hydrogen-bond acceptors (Lipinski definition) is 2. The number of nitrogens with one attached hydrogen (secondary N) is 1. The molecule has 0 radical (unpaired) electrons. The predicted molar refractivity (Wildman–Crippen MR) is 50.5 cm³/mol. The zero-order valence-electron chi connectivity index (χ0n) is 9.36. The van der Waals surface area contributed by atoms with Gasteiger partial charge in [0.25, 0.3) is 5.69 Å². The fourth-order valence-electron chi connectivity index (χ4n) is 1.23. The maximum Gasteiger partial charge on any atom is 0.255 e. The summed E-state index contributed by atoms with van der Waals surface area (Å²) in [5.41, 5.74) is 1.15. The monoisotopic (exact) mass is 183 g/mol. The summed E-state index contributed by atoms with van der Waals surface area (Å²) >= 11 is 0. The van der Waals surface area contributed by atoms with Gasteiger partial charge in [0.2, 0.25) is 5.76 Å². The van der Waals surface area contributed by atoms with E-state index in [9.17, 15) is 0 Å². The third kappa shape index (κ3) is 2.08. The van der Waals surface area contributed by atoms with Crippen LogP contribution in [0.3, 0.4) is 0 Å². The summed E-state index contributed by atoms with van der Waals surface area (Å²) in [5.74, 6) is 0.944. The van der Waals surface area contributed by atoms with Gasteiger partial charge in [-0.2, -0.15) is 0 Å². The second-order valence-corrected chi connectivity index (χ2v) is 5.50. The molecule has 0 aliphatic carbocycles. The zero-order valence-corrected chi connectivity index (χ0v) is 9.36. The Morgan fingerprint density at radius 3 is 1.85 bits per heavy atom. The normalized spacial score (nSPS) is 13.4. The standard InChI is InChI=1S/C10H18N2O/c1-9(2,3)7-8(10(4,5)6)13-12-11-7/h1-6H3/p+1. The summed E-state index contributed by atoms with van der Waals surface area (Å²) in [6, 6.07) is 0. The van der Waals surface area contributed by atoms with Crippen LogP contribution in [-0.4, -0.2) is 5.27 Å². The van der Waals surface area contributed by atoms with Crippen molar-refractivity contribution in [3.63, 3.8) is 0 Å². The number of nitrogens with zero attached hydrogens (tertiary/aromatic N) is 1. The van der Waals surface area contributed by atoms with Crippen molar-refractivity contribution in [2.75, 3.05) is 0 Å². The molecule has 0 aromatic carbocycles. The Hall–Kier alpha value is -0.860. The van der Waals surface area contributed by atoms with Crippen LogP contribution in [0.4, 0.5) is 0 Å². The van der Waals surface area contributed by atoms with E-state index in [2.05, 4.69) is 51.9 Å². The van der Waals surface area contributed by atoms with E-state index in [1.54, 1.807) is 0 Å². The van der Waals surface area contributed by atoms with Crippen molar-refractivity contribution in [3.05, 3.63) is 11.5 Å². The van der Waals surface area contributed by atoms with Gasteiger partial charge in [-0.25, -0.2) is 0 Å². The van der Waals surface area contributed by atoms with Crippen LogP contribution in [-0.2, 0) is 10.8 Å². The molecule has 3 nitrogen and oxygen atoms in total. The first kappa shape index (κ1) is 10.2. The molecule has 0 bridgehead atoms. The highest BCUT2D eigenvalue weighted by Crippen LogP contribution is 2.29. The van der Waals surface area contributed by atoms with Crippen LogP contribution in [0.15, 0.2) is 4.52 Å². The predicted octanol–water partition coefficient (Wildman–Crippen LogP) is 2.08. The molecular formula is C10H19N2O+. The first-order chi connectivity index (χ1) is 5.73. The van der Waals surface area contributed by atoms with E-state index in [0.29, 0.717) is 0 Å². The van der Waals surface area contributed by atoms with Crippen molar-refractivity contribution in [2.24, 2.45) is 0 Å². The molecule has 3 heteroatoms.